The van der Waals surface area contributed by atoms with Gasteiger partial charge in [-0.2, -0.15) is 0 Å². The van der Waals surface area contributed by atoms with Crippen LogP contribution in [-0.4, -0.2) is 37.6 Å². The van der Waals surface area contributed by atoms with Crippen LogP contribution in [0.2, 0.25) is 0 Å². The van der Waals surface area contributed by atoms with Gasteiger partial charge in [-0.15, -0.1) is 0 Å². The lowest BCUT2D eigenvalue weighted by molar-refractivity contribution is -0.0789. The van der Waals surface area contributed by atoms with Gasteiger partial charge in [-0.3, -0.25) is 4.98 Å². The van der Waals surface area contributed by atoms with Crippen LogP contribution in [0.1, 0.15) is 13.3 Å². The predicted molar refractivity (Wildman–Crippen MR) is 62.4 cm³/mol. The first-order valence-electron chi connectivity index (χ1n) is 5.74. The Labute approximate surface area is 96.2 Å². The lowest BCUT2D eigenvalue weighted by Crippen LogP contribution is -2.23. The fourth-order valence-corrected chi connectivity index (χ4v) is 1.88. The summed E-state index contributed by atoms with van der Waals surface area (Å²) in [4.78, 5) is 6.34. The molecule has 0 radical (unpaired) electrons. The molecule has 2 heterocycles. The highest BCUT2D eigenvalue weighted by Gasteiger charge is 2.22. The van der Waals surface area contributed by atoms with Crippen molar-refractivity contribution < 1.29 is 9.47 Å². The molecule has 16 heavy (non-hydrogen) atoms. The molecule has 1 aliphatic heterocycles. The van der Waals surface area contributed by atoms with Gasteiger partial charge in [0, 0.05) is 37.8 Å². The highest BCUT2D eigenvalue weighted by atomic mass is 16.7. The Hall–Kier alpha value is -1.13. The highest BCUT2D eigenvalue weighted by Crippen LogP contribution is 2.20. The largest absolute Gasteiger partial charge is 0.369 e. The van der Waals surface area contributed by atoms with E-state index in [0.29, 0.717) is 19.5 Å². The van der Waals surface area contributed by atoms with Crippen molar-refractivity contribution in [3.8, 4) is 0 Å². The van der Waals surface area contributed by atoms with Gasteiger partial charge in [-0.1, -0.05) is 0 Å². The zero-order chi connectivity index (χ0) is 11.2. The Balaban J connectivity index is 1.79. The third kappa shape index (κ3) is 2.93. The summed E-state index contributed by atoms with van der Waals surface area (Å²) in [5.41, 5.74) is 1.22. The molecule has 0 N–H and O–H groups in total. The van der Waals surface area contributed by atoms with Crippen molar-refractivity contribution in [2.45, 2.75) is 19.4 Å². The van der Waals surface area contributed by atoms with E-state index in [4.69, 9.17) is 9.47 Å². The van der Waals surface area contributed by atoms with Crippen molar-refractivity contribution in [2.75, 3.05) is 31.4 Å². The smallest absolute Gasteiger partial charge is 0.147 e. The van der Waals surface area contributed by atoms with E-state index in [1.807, 2.05) is 31.5 Å². The van der Waals surface area contributed by atoms with Crippen LogP contribution in [0.25, 0.3) is 0 Å². The molecule has 1 aromatic rings. The highest BCUT2D eigenvalue weighted by molar-refractivity contribution is 5.45. The first-order chi connectivity index (χ1) is 7.90. The predicted octanol–water partition coefficient (Wildman–Crippen LogP) is 1.67. The van der Waals surface area contributed by atoms with E-state index in [1.54, 1.807) is 0 Å². The van der Waals surface area contributed by atoms with Crippen molar-refractivity contribution in [1.29, 1.82) is 0 Å². The lowest BCUT2D eigenvalue weighted by Gasteiger charge is -2.18. The second-order valence-corrected chi connectivity index (χ2v) is 3.84. The quantitative estimate of drug-likeness (QED) is 0.560. The number of hydrogen-bond acceptors (Lipinski definition) is 4. The Bertz CT molecular complexity index is 305. The summed E-state index contributed by atoms with van der Waals surface area (Å²) in [5.74, 6) is 0. The number of ether oxygens (including phenoxy) is 2. The van der Waals surface area contributed by atoms with E-state index in [0.717, 1.165) is 19.5 Å². The molecule has 1 saturated heterocycles. The number of aromatic nitrogens is 1. The molecule has 0 amide bonds. The molecule has 1 unspecified atom stereocenters. The fraction of sp³-hybridized carbons (Fsp3) is 0.583. The summed E-state index contributed by atoms with van der Waals surface area (Å²) in [7, 11) is 0. The van der Waals surface area contributed by atoms with Gasteiger partial charge in [-0.25, -0.2) is 0 Å². The van der Waals surface area contributed by atoms with Crippen molar-refractivity contribution in [2.24, 2.45) is 0 Å². The van der Waals surface area contributed by atoms with Gasteiger partial charge in [-0.05, 0) is 25.5 Å². The van der Waals surface area contributed by atoms with Crippen LogP contribution in [0.15, 0.2) is 24.5 Å². The second kappa shape index (κ2) is 5.82. The van der Waals surface area contributed by atoms with Crippen molar-refractivity contribution in [1.82, 2.24) is 4.98 Å². The maximum absolute atomic E-state index is 5.62. The Morgan fingerprint density at radius 2 is 2.25 bits per heavy atom. The van der Waals surface area contributed by atoms with E-state index in [2.05, 4.69) is 9.88 Å². The van der Waals surface area contributed by atoms with Crippen LogP contribution in [0.3, 0.4) is 0 Å². The van der Waals surface area contributed by atoms with Crippen molar-refractivity contribution in [3.05, 3.63) is 24.5 Å². The Kier molecular flexibility index (Phi) is 4.13. The summed E-state index contributed by atoms with van der Waals surface area (Å²) < 4.78 is 10.8. The van der Waals surface area contributed by atoms with E-state index < -0.39 is 0 Å². The molecule has 4 heteroatoms. The van der Waals surface area contributed by atoms with Gasteiger partial charge in [0.05, 0.1) is 6.10 Å². The monoisotopic (exact) mass is 222 g/mol. The number of nitrogens with zero attached hydrogens (tertiary/aromatic N) is 2. The van der Waals surface area contributed by atoms with Crippen LogP contribution in [0, 0.1) is 0 Å². The molecule has 0 bridgehead atoms. The lowest BCUT2D eigenvalue weighted by atomic mass is 10.3. The molecule has 0 saturated carbocycles. The van der Waals surface area contributed by atoms with Gasteiger partial charge in [0.2, 0.25) is 0 Å². The van der Waals surface area contributed by atoms with Crippen LogP contribution >= 0.6 is 0 Å². The number of anilines is 1. The molecule has 88 valence electrons. The minimum atomic E-state index is 0.291. The standard InChI is InChI=1S/C12H18N2O2/c1-2-15-10-16-12-5-8-14(9-12)11-3-6-13-7-4-11/h3-4,6-7,12H,2,5,8-10H2,1H3. The number of pyridine rings is 1. The van der Waals surface area contributed by atoms with E-state index in [1.165, 1.54) is 5.69 Å². The molecule has 1 atom stereocenters. The minimum Gasteiger partial charge on any atom is -0.369 e. The molecule has 4 nitrogen and oxygen atoms in total. The van der Waals surface area contributed by atoms with Gasteiger partial charge in [0.1, 0.15) is 6.79 Å². The van der Waals surface area contributed by atoms with Crippen LogP contribution in [-0.2, 0) is 9.47 Å². The van der Waals surface area contributed by atoms with Gasteiger partial charge in [0.15, 0.2) is 0 Å². The van der Waals surface area contributed by atoms with E-state index >= 15 is 0 Å². The van der Waals surface area contributed by atoms with Crippen molar-refractivity contribution in [3.63, 3.8) is 0 Å². The SMILES string of the molecule is CCOCOC1CCN(c2ccncc2)C1. The van der Waals surface area contributed by atoms with E-state index in [9.17, 15) is 0 Å². The number of rotatable bonds is 5. The zero-order valence-corrected chi connectivity index (χ0v) is 9.63. The van der Waals surface area contributed by atoms with Gasteiger partial charge >= 0.3 is 0 Å². The molecular formula is C12H18N2O2. The first kappa shape index (κ1) is 11.4. The molecule has 1 fully saturated rings. The zero-order valence-electron chi connectivity index (χ0n) is 9.63. The first-order valence-corrected chi connectivity index (χ1v) is 5.74. The molecule has 2 rings (SSSR count). The third-order valence-corrected chi connectivity index (χ3v) is 2.76. The average molecular weight is 222 g/mol. The van der Waals surface area contributed by atoms with Gasteiger partial charge in [0.25, 0.3) is 0 Å². The van der Waals surface area contributed by atoms with Crippen LogP contribution < -0.4 is 4.90 Å². The van der Waals surface area contributed by atoms with Crippen molar-refractivity contribution >= 4 is 5.69 Å². The summed E-state index contributed by atoms with van der Waals surface area (Å²) >= 11 is 0. The molecular weight excluding hydrogens is 204 g/mol. The maximum Gasteiger partial charge on any atom is 0.147 e. The Morgan fingerprint density at radius 3 is 3.00 bits per heavy atom. The second-order valence-electron chi connectivity index (χ2n) is 3.84. The van der Waals surface area contributed by atoms with Crippen LogP contribution in [0.5, 0.6) is 0 Å². The molecule has 1 aromatic heterocycles. The topological polar surface area (TPSA) is 34.6 Å². The fourth-order valence-electron chi connectivity index (χ4n) is 1.88. The summed E-state index contributed by atoms with van der Waals surface area (Å²) in [6.07, 6.45) is 5.00. The van der Waals surface area contributed by atoms with Gasteiger partial charge < -0.3 is 14.4 Å². The Morgan fingerprint density at radius 1 is 1.44 bits per heavy atom. The summed E-state index contributed by atoms with van der Waals surface area (Å²) in [5, 5.41) is 0. The van der Waals surface area contributed by atoms with E-state index in [-0.39, 0.29) is 0 Å². The number of hydrogen-bond donors (Lipinski definition) is 0. The summed E-state index contributed by atoms with van der Waals surface area (Å²) in [6.45, 7) is 5.07. The minimum absolute atomic E-state index is 0.291. The van der Waals surface area contributed by atoms with Crippen LogP contribution in [0.4, 0.5) is 5.69 Å². The molecule has 0 aromatic carbocycles. The normalized spacial score (nSPS) is 20.3. The molecule has 1 aliphatic rings. The molecule has 0 aliphatic carbocycles. The summed E-state index contributed by atoms with van der Waals surface area (Å²) in [6, 6.07) is 4.07. The average Bonchev–Trinajstić information content (AvgIpc) is 2.79. The molecule has 0 spiro atoms. The third-order valence-electron chi connectivity index (χ3n) is 2.76. The maximum atomic E-state index is 5.62.